The first-order valence-electron chi connectivity index (χ1n) is 7.61. The number of nitrogens with zero attached hydrogens (tertiary/aromatic N) is 1. The molecule has 0 aromatic heterocycles. The van der Waals surface area contributed by atoms with Gasteiger partial charge >= 0.3 is 6.03 Å². The topological polar surface area (TPSA) is 70.7 Å². The molecule has 1 saturated heterocycles. The van der Waals surface area contributed by atoms with Crippen molar-refractivity contribution in [2.45, 2.75) is 19.8 Å². The molecule has 0 radical (unpaired) electrons. The molecule has 0 unspecified atom stereocenters. The third kappa shape index (κ3) is 5.11. The Morgan fingerprint density at radius 1 is 1.39 bits per heavy atom. The van der Waals surface area contributed by atoms with E-state index in [1.165, 1.54) is 6.92 Å². The van der Waals surface area contributed by atoms with Crippen molar-refractivity contribution >= 4 is 34.9 Å². The molecule has 0 bridgehead atoms. The zero-order chi connectivity index (χ0) is 16.8. The predicted octanol–water partition coefficient (Wildman–Crippen LogP) is 3.19. The smallest absolute Gasteiger partial charge is 0.321 e. The van der Waals surface area contributed by atoms with Crippen LogP contribution in [0.1, 0.15) is 19.8 Å². The summed E-state index contributed by atoms with van der Waals surface area (Å²) >= 11 is 6.13. The van der Waals surface area contributed by atoms with Crippen LogP contribution in [0.5, 0.6) is 0 Å². The third-order valence-corrected chi connectivity index (χ3v) is 4.07. The Kier molecular flexibility index (Phi) is 6.24. The van der Waals surface area contributed by atoms with Gasteiger partial charge in [0.25, 0.3) is 0 Å². The van der Waals surface area contributed by atoms with Gasteiger partial charge in [0.05, 0.1) is 17.3 Å². The van der Waals surface area contributed by atoms with Crippen LogP contribution in [0.4, 0.5) is 16.2 Å². The molecule has 1 aromatic rings. The van der Waals surface area contributed by atoms with E-state index in [4.69, 9.17) is 16.3 Å². The Balaban J connectivity index is 2.03. The highest BCUT2D eigenvalue weighted by Crippen LogP contribution is 2.26. The maximum absolute atomic E-state index is 12.4. The number of urea groups is 1. The molecular formula is C16H22ClN3O3. The van der Waals surface area contributed by atoms with Crippen molar-refractivity contribution in [1.29, 1.82) is 0 Å². The molecule has 2 N–H and O–H groups in total. The Morgan fingerprint density at radius 2 is 2.17 bits per heavy atom. The molecule has 2 rings (SSSR count). The standard InChI is InChI=1S/C16H22ClN3O3/c1-11(21)18-13-5-6-14(17)15(8-13)19-16(22)20-7-3-4-12(9-20)10-23-2/h5-6,8,12H,3-4,7,9-10H2,1-2H3,(H,18,21)(H,19,22)/t12-/m0/s1. The Bertz CT molecular complexity index is 578. The summed E-state index contributed by atoms with van der Waals surface area (Å²) in [6.07, 6.45) is 2.03. The van der Waals surface area contributed by atoms with Crippen LogP contribution in [-0.2, 0) is 9.53 Å². The number of anilines is 2. The zero-order valence-corrected chi connectivity index (χ0v) is 14.2. The Morgan fingerprint density at radius 3 is 2.87 bits per heavy atom. The molecule has 126 valence electrons. The monoisotopic (exact) mass is 339 g/mol. The Labute approximate surface area is 141 Å². The quantitative estimate of drug-likeness (QED) is 0.885. The number of hydrogen-bond donors (Lipinski definition) is 2. The van der Waals surface area contributed by atoms with Crippen LogP contribution in [0.25, 0.3) is 0 Å². The van der Waals surface area contributed by atoms with E-state index in [1.807, 2.05) is 0 Å². The van der Waals surface area contributed by atoms with Gasteiger partial charge in [-0.3, -0.25) is 4.79 Å². The highest BCUT2D eigenvalue weighted by Gasteiger charge is 2.24. The van der Waals surface area contributed by atoms with Gasteiger partial charge in [0.2, 0.25) is 5.91 Å². The summed E-state index contributed by atoms with van der Waals surface area (Å²) in [5.41, 5.74) is 1.07. The fourth-order valence-corrected chi connectivity index (χ4v) is 2.88. The maximum atomic E-state index is 12.4. The van der Waals surface area contributed by atoms with Gasteiger partial charge in [-0.05, 0) is 31.0 Å². The maximum Gasteiger partial charge on any atom is 0.321 e. The molecule has 1 aromatic carbocycles. The second-order valence-electron chi connectivity index (χ2n) is 5.72. The Hall–Kier alpha value is -1.79. The average molecular weight is 340 g/mol. The minimum Gasteiger partial charge on any atom is -0.384 e. The van der Waals surface area contributed by atoms with E-state index in [9.17, 15) is 9.59 Å². The molecular weight excluding hydrogens is 318 g/mol. The molecule has 23 heavy (non-hydrogen) atoms. The fraction of sp³-hybridized carbons (Fsp3) is 0.500. The highest BCUT2D eigenvalue weighted by atomic mass is 35.5. The second kappa shape index (κ2) is 8.17. The molecule has 0 saturated carbocycles. The van der Waals surface area contributed by atoms with E-state index in [0.29, 0.717) is 35.5 Å². The number of benzene rings is 1. The van der Waals surface area contributed by atoms with E-state index < -0.39 is 0 Å². The van der Waals surface area contributed by atoms with Gasteiger partial charge < -0.3 is 20.3 Å². The van der Waals surface area contributed by atoms with Crippen molar-refractivity contribution in [3.8, 4) is 0 Å². The second-order valence-corrected chi connectivity index (χ2v) is 6.12. The third-order valence-electron chi connectivity index (χ3n) is 3.74. The molecule has 6 nitrogen and oxygen atoms in total. The van der Waals surface area contributed by atoms with Crippen molar-refractivity contribution in [2.24, 2.45) is 5.92 Å². The summed E-state index contributed by atoms with van der Waals surface area (Å²) in [6, 6.07) is 4.80. The van der Waals surface area contributed by atoms with Gasteiger partial charge in [0, 0.05) is 38.7 Å². The summed E-state index contributed by atoms with van der Waals surface area (Å²) in [7, 11) is 1.67. The van der Waals surface area contributed by atoms with Gasteiger partial charge in [0.1, 0.15) is 0 Å². The van der Waals surface area contributed by atoms with E-state index in [2.05, 4.69) is 10.6 Å². The zero-order valence-electron chi connectivity index (χ0n) is 13.4. The normalized spacial score (nSPS) is 17.7. The number of ether oxygens (including phenoxy) is 1. The lowest BCUT2D eigenvalue weighted by molar-refractivity contribution is -0.114. The molecule has 1 heterocycles. The lowest BCUT2D eigenvalue weighted by Crippen LogP contribution is -2.43. The molecule has 1 aliphatic rings. The van der Waals surface area contributed by atoms with Gasteiger partial charge in [-0.2, -0.15) is 0 Å². The number of amides is 3. The van der Waals surface area contributed by atoms with Crippen LogP contribution in [0, 0.1) is 5.92 Å². The van der Waals surface area contributed by atoms with E-state index in [1.54, 1.807) is 30.2 Å². The molecule has 3 amide bonds. The number of piperidine rings is 1. The van der Waals surface area contributed by atoms with E-state index in [0.717, 1.165) is 19.4 Å². The number of rotatable bonds is 4. The van der Waals surface area contributed by atoms with Crippen molar-refractivity contribution < 1.29 is 14.3 Å². The molecule has 7 heteroatoms. The first kappa shape index (κ1) is 17.6. The van der Waals surface area contributed by atoms with Crippen LogP contribution in [-0.4, -0.2) is 43.6 Å². The largest absolute Gasteiger partial charge is 0.384 e. The van der Waals surface area contributed by atoms with Crippen LogP contribution in [0.3, 0.4) is 0 Å². The van der Waals surface area contributed by atoms with Crippen molar-refractivity contribution in [3.63, 3.8) is 0 Å². The van der Waals surface area contributed by atoms with Crippen molar-refractivity contribution in [3.05, 3.63) is 23.2 Å². The van der Waals surface area contributed by atoms with Crippen LogP contribution in [0.2, 0.25) is 5.02 Å². The summed E-state index contributed by atoms with van der Waals surface area (Å²) in [5, 5.41) is 5.92. The molecule has 1 aliphatic heterocycles. The van der Waals surface area contributed by atoms with E-state index >= 15 is 0 Å². The highest BCUT2D eigenvalue weighted by molar-refractivity contribution is 6.33. The number of nitrogens with one attached hydrogen (secondary N) is 2. The SMILES string of the molecule is COC[C@H]1CCCN(C(=O)Nc2cc(NC(C)=O)ccc2Cl)C1. The summed E-state index contributed by atoms with van der Waals surface area (Å²) in [5.74, 6) is 0.184. The molecule has 1 atom stereocenters. The number of methoxy groups -OCH3 is 1. The van der Waals surface area contributed by atoms with Crippen molar-refractivity contribution in [2.75, 3.05) is 37.4 Å². The van der Waals surface area contributed by atoms with Crippen molar-refractivity contribution in [1.82, 2.24) is 4.90 Å². The molecule has 1 fully saturated rings. The van der Waals surface area contributed by atoms with Gasteiger partial charge in [-0.1, -0.05) is 11.6 Å². The van der Waals surface area contributed by atoms with Crippen LogP contribution >= 0.6 is 11.6 Å². The summed E-state index contributed by atoms with van der Waals surface area (Å²) in [4.78, 5) is 25.3. The molecule has 0 spiro atoms. The summed E-state index contributed by atoms with van der Waals surface area (Å²) in [6.45, 7) is 3.47. The number of hydrogen-bond acceptors (Lipinski definition) is 3. The number of likely N-dealkylation sites (tertiary alicyclic amines) is 1. The van der Waals surface area contributed by atoms with Crippen LogP contribution in [0.15, 0.2) is 18.2 Å². The fourth-order valence-electron chi connectivity index (χ4n) is 2.72. The minimum absolute atomic E-state index is 0.178. The van der Waals surface area contributed by atoms with Crippen LogP contribution < -0.4 is 10.6 Å². The first-order valence-corrected chi connectivity index (χ1v) is 7.99. The van der Waals surface area contributed by atoms with E-state index in [-0.39, 0.29) is 11.9 Å². The lowest BCUT2D eigenvalue weighted by Gasteiger charge is -2.32. The number of carbonyl (C=O) groups excluding carboxylic acids is 2. The number of carbonyl (C=O) groups is 2. The predicted molar refractivity (Wildman–Crippen MR) is 90.9 cm³/mol. The number of halogens is 1. The first-order chi connectivity index (χ1) is 11.0. The lowest BCUT2D eigenvalue weighted by atomic mass is 9.99. The average Bonchev–Trinajstić information content (AvgIpc) is 2.50. The van der Waals surface area contributed by atoms with Gasteiger partial charge in [-0.25, -0.2) is 4.79 Å². The molecule has 0 aliphatic carbocycles. The van der Waals surface area contributed by atoms with Gasteiger partial charge in [0.15, 0.2) is 0 Å². The summed E-state index contributed by atoms with van der Waals surface area (Å²) < 4.78 is 5.18. The van der Waals surface area contributed by atoms with Gasteiger partial charge in [-0.15, -0.1) is 0 Å². The minimum atomic E-state index is -0.187.